The summed E-state index contributed by atoms with van der Waals surface area (Å²) in [6, 6.07) is -4.24. The summed E-state index contributed by atoms with van der Waals surface area (Å²) in [5.74, 6) is -1.15. The second kappa shape index (κ2) is 13.5. The van der Waals surface area contributed by atoms with E-state index in [1.54, 1.807) is 0 Å². The van der Waals surface area contributed by atoms with Gasteiger partial charge in [-0.3, -0.25) is 4.79 Å². The second-order valence-electron chi connectivity index (χ2n) is 13.5. The van der Waals surface area contributed by atoms with Gasteiger partial charge in [0.15, 0.2) is 11.9 Å². The normalized spacial score (nSPS) is 52.7. The fraction of sp³-hybridized carbons (Fsp3) is 0.963. The van der Waals surface area contributed by atoms with E-state index in [-0.39, 0.29) is 25.3 Å². The van der Waals surface area contributed by atoms with Crippen molar-refractivity contribution in [1.29, 1.82) is 0 Å². The van der Waals surface area contributed by atoms with Crippen molar-refractivity contribution < 1.29 is 49.6 Å². The number of carbonyl (C=O) groups excluding carboxylic acids is 1. The van der Waals surface area contributed by atoms with E-state index in [0.717, 1.165) is 19.4 Å². The second-order valence-corrected chi connectivity index (χ2v) is 13.5. The molecule has 5 fully saturated rings. The number of nitrogens with two attached hydrogens (primary N) is 5. The van der Waals surface area contributed by atoms with Crippen LogP contribution in [0.3, 0.4) is 0 Å². The molecule has 0 aromatic carbocycles. The van der Waals surface area contributed by atoms with Crippen molar-refractivity contribution >= 4 is 5.91 Å². The largest absolute Gasteiger partial charge is 0.394 e. The molecule has 2 saturated heterocycles. The van der Waals surface area contributed by atoms with Crippen molar-refractivity contribution in [2.75, 3.05) is 19.7 Å². The first kappa shape index (κ1) is 34.2. The van der Waals surface area contributed by atoms with E-state index in [1.165, 1.54) is 0 Å². The Morgan fingerprint density at radius 3 is 2.18 bits per heavy atom. The minimum absolute atomic E-state index is 0.0460. The standard InChI is InChI=1S/C27H51N7O10/c28-10-1-9(2-10)6-33-7-15-14(36)4-12(30)23(42-15)18-11(29)3-13(34-26(40)27(41)5-17(27)31)24(21(18)38)44-25-22(39)19(32)20(37)16(8-35)43-25/h9-25,33,35-39,41H,1-8,28-32H2,(H,34,40). The molecule has 0 bridgehead atoms. The minimum Gasteiger partial charge on any atom is -0.394 e. The molecular formula is C27H51N7O10. The van der Waals surface area contributed by atoms with Gasteiger partial charge < -0.3 is 84.2 Å². The molecule has 2 heterocycles. The van der Waals surface area contributed by atoms with Gasteiger partial charge in [-0.2, -0.15) is 0 Å². The van der Waals surface area contributed by atoms with Crippen LogP contribution >= 0.6 is 0 Å². The molecule has 5 aliphatic rings. The predicted molar refractivity (Wildman–Crippen MR) is 153 cm³/mol. The molecule has 3 saturated carbocycles. The van der Waals surface area contributed by atoms with Gasteiger partial charge in [0.25, 0.3) is 5.91 Å². The number of rotatable bonds is 10. The monoisotopic (exact) mass is 633 g/mol. The van der Waals surface area contributed by atoms with Crippen LogP contribution in [-0.2, 0) is 19.0 Å². The highest BCUT2D eigenvalue weighted by Gasteiger charge is 2.59. The topological polar surface area (TPSA) is 320 Å². The number of aliphatic hydroxyl groups is 6. The molecule has 16 atom stereocenters. The van der Waals surface area contributed by atoms with Crippen molar-refractivity contribution in [1.82, 2.24) is 10.6 Å². The molecule has 0 radical (unpaired) electrons. The molecule has 18 N–H and O–H groups in total. The fourth-order valence-corrected chi connectivity index (χ4v) is 7.17. The third kappa shape index (κ3) is 6.78. The average Bonchev–Trinajstić information content (AvgIpc) is 3.58. The maximum absolute atomic E-state index is 12.9. The van der Waals surface area contributed by atoms with Crippen LogP contribution in [-0.4, -0.2) is 153 Å². The van der Waals surface area contributed by atoms with Crippen molar-refractivity contribution in [2.24, 2.45) is 40.5 Å². The van der Waals surface area contributed by atoms with Crippen molar-refractivity contribution in [3.05, 3.63) is 0 Å². The number of nitrogens with one attached hydrogen (secondary N) is 2. The zero-order valence-corrected chi connectivity index (χ0v) is 24.7. The summed E-state index contributed by atoms with van der Waals surface area (Å²) in [4.78, 5) is 12.9. The number of hydrogen-bond donors (Lipinski definition) is 13. The average molecular weight is 634 g/mol. The zero-order valence-electron chi connectivity index (χ0n) is 24.7. The molecule has 17 heteroatoms. The molecule has 0 spiro atoms. The Hall–Kier alpha value is -1.13. The van der Waals surface area contributed by atoms with Gasteiger partial charge >= 0.3 is 0 Å². The van der Waals surface area contributed by atoms with E-state index >= 15 is 0 Å². The lowest BCUT2D eigenvalue weighted by Crippen LogP contribution is -2.70. The lowest BCUT2D eigenvalue weighted by molar-refractivity contribution is -0.306. The number of ether oxygens (including phenoxy) is 3. The smallest absolute Gasteiger partial charge is 0.253 e. The summed E-state index contributed by atoms with van der Waals surface area (Å²) in [6.45, 7) is 0.449. The quantitative estimate of drug-likeness (QED) is 0.106. The van der Waals surface area contributed by atoms with E-state index in [4.69, 9.17) is 42.9 Å². The first-order chi connectivity index (χ1) is 20.7. The zero-order chi connectivity index (χ0) is 32.1. The highest BCUT2D eigenvalue weighted by Crippen LogP contribution is 2.38. The van der Waals surface area contributed by atoms with Crippen LogP contribution < -0.4 is 39.3 Å². The third-order valence-electron chi connectivity index (χ3n) is 10.2. The van der Waals surface area contributed by atoms with Crippen LogP contribution in [0.5, 0.6) is 0 Å². The van der Waals surface area contributed by atoms with Crippen molar-refractivity contribution in [3.8, 4) is 0 Å². The summed E-state index contributed by atoms with van der Waals surface area (Å²) >= 11 is 0. The lowest BCUT2D eigenvalue weighted by atomic mass is 9.72. The SMILES string of the molecule is NC1CC(CNCC2OC(C3C(N)CC(NC(=O)C4(O)CC4N)C(OC4OC(CO)C(O)C(N)C4O)C3O)C(N)CC2O)C1. The van der Waals surface area contributed by atoms with E-state index in [2.05, 4.69) is 10.6 Å². The van der Waals surface area contributed by atoms with Gasteiger partial charge in [-0.15, -0.1) is 0 Å². The molecule has 5 rings (SSSR count). The van der Waals surface area contributed by atoms with Crippen LogP contribution in [0.25, 0.3) is 0 Å². The lowest BCUT2D eigenvalue weighted by Gasteiger charge is -2.51. The highest BCUT2D eigenvalue weighted by molar-refractivity contribution is 5.89. The van der Waals surface area contributed by atoms with Crippen LogP contribution in [0, 0.1) is 11.8 Å². The first-order valence-electron chi connectivity index (χ1n) is 15.6. The summed E-state index contributed by atoms with van der Waals surface area (Å²) in [5, 5.41) is 69.8. The Labute approximate surface area is 255 Å². The van der Waals surface area contributed by atoms with Crippen LogP contribution in [0.4, 0.5) is 0 Å². The first-order valence-corrected chi connectivity index (χ1v) is 15.6. The number of hydrogen-bond acceptors (Lipinski definition) is 16. The molecule has 2 aliphatic heterocycles. The fourth-order valence-electron chi connectivity index (χ4n) is 7.17. The summed E-state index contributed by atoms with van der Waals surface area (Å²) in [6.07, 6.45) is -8.53. The minimum atomic E-state index is -1.78. The van der Waals surface area contributed by atoms with Gasteiger partial charge in [0.1, 0.15) is 24.4 Å². The van der Waals surface area contributed by atoms with Gasteiger partial charge in [-0.25, -0.2) is 0 Å². The number of amides is 1. The summed E-state index contributed by atoms with van der Waals surface area (Å²) in [7, 11) is 0. The van der Waals surface area contributed by atoms with E-state index in [0.29, 0.717) is 12.5 Å². The number of aliphatic hydroxyl groups excluding tert-OH is 5. The maximum Gasteiger partial charge on any atom is 0.253 e. The molecule has 17 nitrogen and oxygen atoms in total. The van der Waals surface area contributed by atoms with Crippen molar-refractivity contribution in [3.63, 3.8) is 0 Å². The number of carbonyl (C=O) groups is 1. The molecule has 3 aliphatic carbocycles. The maximum atomic E-state index is 12.9. The Morgan fingerprint density at radius 2 is 1.57 bits per heavy atom. The van der Waals surface area contributed by atoms with Gasteiger partial charge in [-0.1, -0.05) is 0 Å². The highest BCUT2D eigenvalue weighted by atomic mass is 16.7. The van der Waals surface area contributed by atoms with E-state index < -0.39 is 109 Å². The van der Waals surface area contributed by atoms with Gasteiger partial charge in [0.05, 0.1) is 43.1 Å². The van der Waals surface area contributed by atoms with Crippen LogP contribution in [0.2, 0.25) is 0 Å². The van der Waals surface area contributed by atoms with Crippen molar-refractivity contribution in [2.45, 2.75) is 129 Å². The molecule has 0 aromatic rings. The Morgan fingerprint density at radius 1 is 0.886 bits per heavy atom. The molecule has 44 heavy (non-hydrogen) atoms. The summed E-state index contributed by atoms with van der Waals surface area (Å²) < 4.78 is 18.0. The van der Waals surface area contributed by atoms with Crippen LogP contribution in [0.15, 0.2) is 0 Å². The molecule has 16 unspecified atom stereocenters. The van der Waals surface area contributed by atoms with Gasteiger partial charge in [0, 0.05) is 43.1 Å². The predicted octanol–water partition coefficient (Wildman–Crippen LogP) is -7.03. The molecule has 0 aromatic heterocycles. The van der Waals surface area contributed by atoms with E-state index in [1.807, 2.05) is 0 Å². The Bertz CT molecular complexity index is 997. The molecule has 1 amide bonds. The molecular weight excluding hydrogens is 582 g/mol. The third-order valence-corrected chi connectivity index (χ3v) is 10.2. The Kier molecular flexibility index (Phi) is 10.5. The van der Waals surface area contributed by atoms with Gasteiger partial charge in [-0.05, 0) is 38.1 Å². The Balaban J connectivity index is 1.33. The summed E-state index contributed by atoms with van der Waals surface area (Å²) in [5.41, 5.74) is 28.9. The molecule has 254 valence electrons. The van der Waals surface area contributed by atoms with E-state index in [9.17, 15) is 35.4 Å². The van der Waals surface area contributed by atoms with Gasteiger partial charge in [0.2, 0.25) is 0 Å². The van der Waals surface area contributed by atoms with Crippen LogP contribution in [0.1, 0.15) is 32.1 Å².